The standard InChI is InChI=1S/C26H28N2O3.C6H8O7/c1-3-27(4-2)19-20-31-24-17-15-22(16-18-24)25(21-11-7-5-8-12-21)26(28(29)30)23-13-9-6-10-14-23;7-3(8)1-6(13,5(11)12)2-4(9)10/h5-18H,3-4,19-20H2,1-2H3;13H,1-2H2,(H,7,8)(H,9,10)(H,11,12)/b26-25+;. The Morgan fingerprint density at radius 1 is 0.773 bits per heavy atom. The van der Waals surface area contributed by atoms with Gasteiger partial charge in [-0.05, 0) is 48.5 Å². The molecule has 3 rings (SSSR count). The SMILES string of the molecule is CCN(CC)CCOc1ccc(/C(=C(\c2ccccc2)[N+](=O)[O-])c2ccccc2)cc1.O=C(O)CC(O)(CC(=O)O)C(=O)O. The summed E-state index contributed by atoms with van der Waals surface area (Å²) in [6.07, 6.45) is -2.29. The summed E-state index contributed by atoms with van der Waals surface area (Å²) in [6, 6.07) is 26.0. The third-order valence-electron chi connectivity index (χ3n) is 6.53. The fourth-order valence-electron chi connectivity index (χ4n) is 4.25. The minimum atomic E-state index is -2.74. The zero-order valence-corrected chi connectivity index (χ0v) is 24.5. The first-order valence-corrected chi connectivity index (χ1v) is 13.8. The lowest BCUT2D eigenvalue weighted by Crippen LogP contribution is -2.42. The molecule has 3 aromatic rings. The van der Waals surface area contributed by atoms with Crippen LogP contribution in [0.5, 0.6) is 5.75 Å². The molecule has 234 valence electrons. The van der Waals surface area contributed by atoms with E-state index < -0.39 is 36.4 Å². The Bertz CT molecular complexity index is 1400. The molecule has 0 radical (unpaired) electrons. The normalized spacial score (nSPS) is 11.5. The maximum absolute atomic E-state index is 12.1. The van der Waals surface area contributed by atoms with Gasteiger partial charge in [-0.1, -0.05) is 74.5 Å². The molecule has 0 aliphatic rings. The maximum Gasteiger partial charge on any atom is 0.336 e. The summed E-state index contributed by atoms with van der Waals surface area (Å²) in [4.78, 5) is 44.6. The van der Waals surface area contributed by atoms with E-state index in [4.69, 9.17) is 25.2 Å². The highest BCUT2D eigenvalue weighted by Gasteiger charge is 2.40. The third kappa shape index (κ3) is 10.6. The smallest absolute Gasteiger partial charge is 0.336 e. The van der Waals surface area contributed by atoms with Gasteiger partial charge in [-0.25, -0.2) is 4.79 Å². The van der Waals surface area contributed by atoms with Crippen LogP contribution in [-0.4, -0.2) is 80.0 Å². The summed E-state index contributed by atoms with van der Waals surface area (Å²) >= 11 is 0. The first-order valence-electron chi connectivity index (χ1n) is 13.8. The van der Waals surface area contributed by atoms with Gasteiger partial charge in [0.05, 0.1) is 28.9 Å². The highest BCUT2D eigenvalue weighted by atomic mass is 16.6. The van der Waals surface area contributed by atoms with E-state index in [-0.39, 0.29) is 10.6 Å². The molecule has 0 saturated carbocycles. The average Bonchev–Trinajstić information content (AvgIpc) is 2.98. The van der Waals surface area contributed by atoms with Crippen LogP contribution in [0.1, 0.15) is 43.4 Å². The number of carboxylic acids is 3. The van der Waals surface area contributed by atoms with Crippen molar-refractivity contribution in [1.82, 2.24) is 4.90 Å². The second-order valence-electron chi connectivity index (χ2n) is 9.59. The summed E-state index contributed by atoms with van der Waals surface area (Å²) in [5.41, 5.74) is 0.0861. The van der Waals surface area contributed by atoms with Gasteiger partial charge >= 0.3 is 17.9 Å². The van der Waals surface area contributed by atoms with E-state index in [1.54, 1.807) is 12.1 Å². The number of ether oxygens (including phenoxy) is 1. The second kappa shape index (κ2) is 17.1. The first kappa shape index (κ1) is 35.1. The van der Waals surface area contributed by atoms with E-state index in [1.807, 2.05) is 72.8 Å². The summed E-state index contributed by atoms with van der Waals surface area (Å²) < 4.78 is 5.88. The van der Waals surface area contributed by atoms with Crippen LogP contribution in [0.3, 0.4) is 0 Å². The predicted octanol–water partition coefficient (Wildman–Crippen LogP) is 4.35. The molecule has 0 aliphatic heterocycles. The van der Waals surface area contributed by atoms with Crippen molar-refractivity contribution in [2.75, 3.05) is 26.2 Å². The largest absolute Gasteiger partial charge is 0.492 e. The van der Waals surface area contributed by atoms with Gasteiger partial charge in [0.15, 0.2) is 5.60 Å². The highest BCUT2D eigenvalue weighted by molar-refractivity contribution is 5.95. The highest BCUT2D eigenvalue weighted by Crippen LogP contribution is 2.33. The molecule has 12 nitrogen and oxygen atoms in total. The predicted molar refractivity (Wildman–Crippen MR) is 163 cm³/mol. The molecule has 3 aromatic carbocycles. The average molecular weight is 609 g/mol. The van der Waals surface area contributed by atoms with Gasteiger partial charge in [0.2, 0.25) is 0 Å². The molecule has 0 atom stereocenters. The van der Waals surface area contributed by atoms with E-state index in [0.717, 1.165) is 36.5 Å². The number of nitrogens with zero attached hydrogens (tertiary/aromatic N) is 2. The summed E-state index contributed by atoms with van der Waals surface area (Å²) in [6.45, 7) is 7.72. The molecule has 4 N–H and O–H groups in total. The Balaban J connectivity index is 0.000000439. The van der Waals surface area contributed by atoms with E-state index in [2.05, 4.69) is 18.7 Å². The van der Waals surface area contributed by atoms with E-state index in [1.165, 1.54) is 0 Å². The van der Waals surface area contributed by atoms with Crippen LogP contribution >= 0.6 is 0 Å². The van der Waals surface area contributed by atoms with Crippen LogP contribution < -0.4 is 4.74 Å². The summed E-state index contributed by atoms with van der Waals surface area (Å²) in [7, 11) is 0. The van der Waals surface area contributed by atoms with Crippen molar-refractivity contribution in [3.63, 3.8) is 0 Å². The Kier molecular flexibility index (Phi) is 13.7. The maximum atomic E-state index is 12.1. The molecule has 0 aliphatic carbocycles. The monoisotopic (exact) mass is 608 g/mol. The van der Waals surface area contributed by atoms with Gasteiger partial charge in [-0.2, -0.15) is 0 Å². The van der Waals surface area contributed by atoms with Gasteiger partial charge < -0.3 is 30.1 Å². The van der Waals surface area contributed by atoms with E-state index >= 15 is 0 Å². The van der Waals surface area contributed by atoms with Crippen molar-refractivity contribution in [3.8, 4) is 5.75 Å². The number of rotatable bonds is 15. The van der Waals surface area contributed by atoms with Crippen LogP contribution in [0.2, 0.25) is 0 Å². The zero-order chi connectivity index (χ0) is 32.7. The van der Waals surface area contributed by atoms with Crippen molar-refractivity contribution in [2.24, 2.45) is 0 Å². The lowest BCUT2D eigenvalue weighted by Gasteiger charge is -2.18. The number of hydrogen-bond donors (Lipinski definition) is 4. The van der Waals surface area contributed by atoms with Crippen molar-refractivity contribution >= 4 is 29.2 Å². The van der Waals surface area contributed by atoms with E-state index in [9.17, 15) is 24.5 Å². The molecule has 0 unspecified atom stereocenters. The van der Waals surface area contributed by atoms with Gasteiger partial charge in [0.1, 0.15) is 12.4 Å². The van der Waals surface area contributed by atoms with Gasteiger partial charge in [0.25, 0.3) is 5.70 Å². The number of likely N-dealkylation sites (N-methyl/N-ethyl adjacent to an activating group) is 1. The fourth-order valence-corrected chi connectivity index (χ4v) is 4.25. The van der Waals surface area contributed by atoms with Crippen LogP contribution in [-0.2, 0) is 14.4 Å². The van der Waals surface area contributed by atoms with Crippen molar-refractivity contribution < 1.29 is 44.5 Å². The number of nitro groups is 1. The molecular formula is C32H36N2O10. The van der Waals surface area contributed by atoms with Gasteiger partial charge in [-0.3, -0.25) is 19.7 Å². The number of carbonyl (C=O) groups is 3. The summed E-state index contributed by atoms with van der Waals surface area (Å²) in [5.74, 6) is -4.26. The molecule has 0 amide bonds. The first-order chi connectivity index (χ1) is 20.9. The van der Waals surface area contributed by atoms with Crippen LogP contribution in [0, 0.1) is 10.1 Å². The molecular weight excluding hydrogens is 572 g/mol. The molecule has 0 bridgehead atoms. The number of carboxylic acid groups (broad SMARTS) is 3. The number of hydrogen-bond acceptors (Lipinski definition) is 8. The minimum Gasteiger partial charge on any atom is -0.492 e. The van der Waals surface area contributed by atoms with Crippen LogP contribution in [0.25, 0.3) is 11.3 Å². The molecule has 0 fully saturated rings. The number of aliphatic carboxylic acids is 3. The Hall–Kier alpha value is -5.07. The molecule has 12 heteroatoms. The van der Waals surface area contributed by atoms with Crippen LogP contribution in [0.4, 0.5) is 0 Å². The molecule has 0 saturated heterocycles. The Morgan fingerprint density at radius 2 is 1.23 bits per heavy atom. The van der Waals surface area contributed by atoms with Crippen LogP contribution in [0.15, 0.2) is 84.9 Å². The Morgan fingerprint density at radius 3 is 1.64 bits per heavy atom. The molecule has 44 heavy (non-hydrogen) atoms. The Labute approximate surface area is 254 Å². The molecule has 0 aromatic heterocycles. The van der Waals surface area contributed by atoms with Gasteiger partial charge in [0, 0.05) is 6.54 Å². The number of aliphatic hydroxyl groups is 1. The fraction of sp³-hybridized carbons (Fsp3) is 0.281. The minimum absolute atomic E-state index is 0.0852. The van der Waals surface area contributed by atoms with Gasteiger partial charge in [-0.15, -0.1) is 0 Å². The lowest BCUT2D eigenvalue weighted by atomic mass is 9.93. The molecule has 0 heterocycles. The third-order valence-corrected chi connectivity index (χ3v) is 6.53. The lowest BCUT2D eigenvalue weighted by molar-refractivity contribution is -0.374. The van der Waals surface area contributed by atoms with E-state index in [0.29, 0.717) is 17.7 Å². The summed E-state index contributed by atoms with van der Waals surface area (Å²) in [5, 5.41) is 45.9. The quantitative estimate of drug-likeness (QED) is 0.109. The van der Waals surface area contributed by atoms with Crippen molar-refractivity contribution in [2.45, 2.75) is 32.3 Å². The topological polar surface area (TPSA) is 188 Å². The zero-order valence-electron chi connectivity index (χ0n) is 24.5. The number of benzene rings is 3. The molecule has 0 spiro atoms. The van der Waals surface area contributed by atoms with Crippen molar-refractivity contribution in [1.29, 1.82) is 0 Å². The van der Waals surface area contributed by atoms with Crippen molar-refractivity contribution in [3.05, 3.63) is 112 Å². The second-order valence-corrected chi connectivity index (χ2v) is 9.59.